The number of aliphatic hydroxyl groups excluding tert-OH is 1. The minimum Gasteiger partial charge on any atom is -0.488 e. The fourth-order valence-electron chi connectivity index (χ4n) is 2.57. The van der Waals surface area contributed by atoms with Crippen molar-refractivity contribution in [1.82, 2.24) is 5.32 Å². The van der Waals surface area contributed by atoms with Crippen LogP contribution in [0.5, 0.6) is 5.75 Å². The standard InChI is InChI=1S/C15H19F2NO2/c16-12-2-1-3-13(14(12)17)20-9-15(8-19,10-4-5-10)18-11-6-7-11/h1-3,10-11,18-19H,4-9H2. The number of hydrogen-bond acceptors (Lipinski definition) is 3. The first-order valence-corrected chi connectivity index (χ1v) is 7.10. The minimum atomic E-state index is -0.971. The van der Waals surface area contributed by atoms with E-state index in [-0.39, 0.29) is 19.0 Å². The highest BCUT2D eigenvalue weighted by molar-refractivity contribution is 5.25. The van der Waals surface area contributed by atoms with Crippen LogP contribution in [-0.4, -0.2) is 29.9 Å². The molecule has 2 aliphatic rings. The lowest BCUT2D eigenvalue weighted by Gasteiger charge is -2.33. The molecule has 0 saturated heterocycles. The molecule has 0 bridgehead atoms. The van der Waals surface area contributed by atoms with Crippen molar-refractivity contribution in [2.45, 2.75) is 37.3 Å². The Morgan fingerprint density at radius 1 is 1.25 bits per heavy atom. The molecular weight excluding hydrogens is 264 g/mol. The quantitative estimate of drug-likeness (QED) is 0.806. The van der Waals surface area contributed by atoms with Crippen LogP contribution >= 0.6 is 0 Å². The van der Waals surface area contributed by atoms with E-state index < -0.39 is 17.2 Å². The summed E-state index contributed by atoms with van der Waals surface area (Å²) in [7, 11) is 0. The highest BCUT2D eigenvalue weighted by Crippen LogP contribution is 2.41. The van der Waals surface area contributed by atoms with Gasteiger partial charge < -0.3 is 15.2 Å². The van der Waals surface area contributed by atoms with Crippen molar-refractivity contribution >= 4 is 0 Å². The first-order valence-electron chi connectivity index (χ1n) is 7.10. The van der Waals surface area contributed by atoms with Crippen molar-refractivity contribution in [2.75, 3.05) is 13.2 Å². The van der Waals surface area contributed by atoms with Crippen LogP contribution in [-0.2, 0) is 0 Å². The van der Waals surface area contributed by atoms with Gasteiger partial charge in [-0.3, -0.25) is 0 Å². The number of ether oxygens (including phenoxy) is 1. The summed E-state index contributed by atoms with van der Waals surface area (Å²) in [6.07, 6.45) is 4.27. The Balaban J connectivity index is 1.71. The summed E-state index contributed by atoms with van der Waals surface area (Å²) in [4.78, 5) is 0. The van der Waals surface area contributed by atoms with Gasteiger partial charge >= 0.3 is 0 Å². The van der Waals surface area contributed by atoms with E-state index in [1.165, 1.54) is 12.1 Å². The molecule has 1 atom stereocenters. The number of rotatable bonds is 7. The summed E-state index contributed by atoms with van der Waals surface area (Å²) in [6.45, 7) is 0.107. The molecule has 0 spiro atoms. The molecule has 0 heterocycles. The van der Waals surface area contributed by atoms with Crippen molar-refractivity contribution in [3.8, 4) is 5.75 Å². The van der Waals surface area contributed by atoms with E-state index in [4.69, 9.17) is 4.74 Å². The predicted molar refractivity (Wildman–Crippen MR) is 70.6 cm³/mol. The van der Waals surface area contributed by atoms with Gasteiger partial charge in [-0.05, 0) is 43.7 Å². The van der Waals surface area contributed by atoms with Crippen LogP contribution in [0.15, 0.2) is 18.2 Å². The smallest absolute Gasteiger partial charge is 0.200 e. The van der Waals surface area contributed by atoms with Crippen molar-refractivity contribution in [3.63, 3.8) is 0 Å². The third-order valence-electron chi connectivity index (χ3n) is 4.11. The SMILES string of the molecule is OCC(COc1cccc(F)c1F)(NC1CC1)C1CC1. The molecule has 1 aromatic rings. The number of benzene rings is 1. The molecule has 3 rings (SSSR count). The van der Waals surface area contributed by atoms with Crippen molar-refractivity contribution in [2.24, 2.45) is 5.92 Å². The summed E-state index contributed by atoms with van der Waals surface area (Å²) >= 11 is 0. The van der Waals surface area contributed by atoms with E-state index in [9.17, 15) is 13.9 Å². The number of halogens is 2. The molecule has 110 valence electrons. The largest absolute Gasteiger partial charge is 0.488 e. The fraction of sp³-hybridized carbons (Fsp3) is 0.600. The fourth-order valence-corrected chi connectivity index (χ4v) is 2.57. The topological polar surface area (TPSA) is 41.5 Å². The normalized spacial score (nSPS) is 21.6. The van der Waals surface area contributed by atoms with Crippen LogP contribution < -0.4 is 10.1 Å². The Kier molecular flexibility index (Phi) is 3.65. The molecule has 20 heavy (non-hydrogen) atoms. The molecule has 0 aliphatic heterocycles. The van der Waals surface area contributed by atoms with Crippen molar-refractivity contribution < 1.29 is 18.6 Å². The van der Waals surface area contributed by atoms with Gasteiger partial charge in [0.15, 0.2) is 11.6 Å². The van der Waals surface area contributed by atoms with E-state index in [0.717, 1.165) is 31.7 Å². The van der Waals surface area contributed by atoms with Crippen LogP contribution in [0.1, 0.15) is 25.7 Å². The van der Waals surface area contributed by atoms with E-state index in [2.05, 4.69) is 5.32 Å². The summed E-state index contributed by atoms with van der Waals surface area (Å²) in [6, 6.07) is 4.30. The maximum absolute atomic E-state index is 13.6. The Morgan fingerprint density at radius 2 is 2.00 bits per heavy atom. The summed E-state index contributed by atoms with van der Waals surface area (Å²) in [5.41, 5.74) is -0.528. The molecule has 2 fully saturated rings. The van der Waals surface area contributed by atoms with E-state index >= 15 is 0 Å². The molecule has 2 aliphatic carbocycles. The molecule has 5 heteroatoms. The molecule has 1 aromatic carbocycles. The third-order valence-corrected chi connectivity index (χ3v) is 4.11. The average Bonchev–Trinajstić information content (AvgIpc) is 3.31. The Labute approximate surface area is 116 Å². The maximum Gasteiger partial charge on any atom is 0.200 e. The molecule has 1 unspecified atom stereocenters. The first kappa shape index (κ1) is 13.8. The highest BCUT2D eigenvalue weighted by Gasteiger charge is 2.48. The van der Waals surface area contributed by atoms with Crippen LogP contribution in [0.4, 0.5) is 8.78 Å². The second kappa shape index (κ2) is 5.30. The van der Waals surface area contributed by atoms with E-state index in [1.807, 2.05) is 0 Å². The minimum absolute atomic E-state index is 0.0505. The number of hydrogen-bond donors (Lipinski definition) is 2. The maximum atomic E-state index is 13.6. The van der Waals surface area contributed by atoms with Gasteiger partial charge in [0.05, 0.1) is 12.1 Å². The molecule has 3 nitrogen and oxygen atoms in total. The van der Waals surface area contributed by atoms with Crippen LogP contribution in [0.2, 0.25) is 0 Å². The molecule has 0 radical (unpaired) electrons. The number of nitrogens with one attached hydrogen (secondary N) is 1. The lowest BCUT2D eigenvalue weighted by atomic mass is 9.95. The second-order valence-electron chi connectivity index (χ2n) is 5.85. The van der Waals surface area contributed by atoms with Gasteiger partial charge in [0, 0.05) is 6.04 Å². The zero-order chi connectivity index (χ0) is 14.2. The molecular formula is C15H19F2NO2. The predicted octanol–water partition coefficient (Wildman–Crippen LogP) is 2.24. The van der Waals surface area contributed by atoms with Crippen LogP contribution in [0.25, 0.3) is 0 Å². The van der Waals surface area contributed by atoms with Crippen LogP contribution in [0.3, 0.4) is 0 Å². The monoisotopic (exact) mass is 283 g/mol. The first-order chi connectivity index (χ1) is 9.64. The molecule has 0 aromatic heterocycles. The number of aliphatic hydroxyl groups is 1. The summed E-state index contributed by atoms with van der Waals surface area (Å²) in [5, 5.41) is 13.2. The Hall–Kier alpha value is -1.20. The zero-order valence-electron chi connectivity index (χ0n) is 11.2. The second-order valence-corrected chi connectivity index (χ2v) is 5.85. The summed E-state index contributed by atoms with van der Waals surface area (Å²) < 4.78 is 32.2. The van der Waals surface area contributed by atoms with Gasteiger partial charge in [-0.15, -0.1) is 0 Å². The van der Waals surface area contributed by atoms with Crippen LogP contribution in [0, 0.1) is 17.6 Å². The Morgan fingerprint density at radius 3 is 2.60 bits per heavy atom. The van der Waals surface area contributed by atoms with E-state index in [0.29, 0.717) is 12.0 Å². The Bertz CT molecular complexity index is 489. The van der Waals surface area contributed by atoms with E-state index in [1.54, 1.807) is 0 Å². The van der Waals surface area contributed by atoms with Crippen molar-refractivity contribution in [3.05, 3.63) is 29.8 Å². The van der Waals surface area contributed by atoms with Gasteiger partial charge in [0.2, 0.25) is 5.82 Å². The molecule has 0 amide bonds. The van der Waals surface area contributed by atoms with Crippen molar-refractivity contribution in [1.29, 1.82) is 0 Å². The summed E-state index contributed by atoms with van der Waals surface area (Å²) in [5.74, 6) is -1.63. The van der Waals surface area contributed by atoms with Gasteiger partial charge in [-0.1, -0.05) is 6.07 Å². The van der Waals surface area contributed by atoms with Gasteiger partial charge in [0.25, 0.3) is 0 Å². The average molecular weight is 283 g/mol. The van der Waals surface area contributed by atoms with Gasteiger partial charge in [0.1, 0.15) is 6.61 Å². The lowest BCUT2D eigenvalue weighted by molar-refractivity contribution is 0.0810. The highest BCUT2D eigenvalue weighted by atomic mass is 19.2. The van der Waals surface area contributed by atoms with Gasteiger partial charge in [-0.25, -0.2) is 4.39 Å². The zero-order valence-corrected chi connectivity index (χ0v) is 11.2. The molecule has 2 N–H and O–H groups in total. The van der Waals surface area contributed by atoms with Gasteiger partial charge in [-0.2, -0.15) is 4.39 Å². The lowest BCUT2D eigenvalue weighted by Crippen LogP contribution is -2.56. The molecule has 2 saturated carbocycles. The third kappa shape index (κ3) is 2.79.